The summed E-state index contributed by atoms with van der Waals surface area (Å²) in [5.41, 5.74) is 0.248. The zero-order valence-electron chi connectivity index (χ0n) is 18.6. The number of carbonyl (C=O) groups excluding carboxylic acids is 1. The summed E-state index contributed by atoms with van der Waals surface area (Å²) >= 11 is 0. The summed E-state index contributed by atoms with van der Waals surface area (Å²) in [5, 5.41) is 25.6. The Morgan fingerprint density at radius 2 is 1.94 bits per heavy atom. The van der Waals surface area contributed by atoms with Crippen LogP contribution in [0.3, 0.4) is 0 Å². The number of morpholine rings is 1. The van der Waals surface area contributed by atoms with Crippen LogP contribution in [0, 0.1) is 10.1 Å². The number of non-ortho nitro benzene ring substituents is 1. The number of methoxy groups -OCH3 is 1. The molecule has 35 heavy (non-hydrogen) atoms. The zero-order valence-corrected chi connectivity index (χ0v) is 18.6. The van der Waals surface area contributed by atoms with Gasteiger partial charge in [0.15, 0.2) is 0 Å². The molecule has 0 saturated carbocycles. The van der Waals surface area contributed by atoms with Crippen molar-refractivity contribution in [1.29, 1.82) is 0 Å². The first-order chi connectivity index (χ1) is 16.9. The molecule has 1 fully saturated rings. The number of benzene rings is 2. The van der Waals surface area contributed by atoms with Crippen molar-refractivity contribution in [2.45, 2.75) is 19.1 Å². The van der Waals surface area contributed by atoms with E-state index in [9.17, 15) is 24.8 Å². The standard InChI is InChI=1S/C22H21N5O8/c1-33-17-8-6-15(7-9-17)26-18(22(30)35-24-26)13-25-10-11-34-19(21(25)29)12-20(28)23-14-2-4-16(5-3-14)27(31)32/h2-9,19H,10-13H2,1H3,(H-,23,24,28,30). The summed E-state index contributed by atoms with van der Waals surface area (Å²) < 4.78 is 17.0. The molecule has 1 aliphatic rings. The van der Waals surface area contributed by atoms with Gasteiger partial charge in [-0.1, -0.05) is 0 Å². The number of nitro groups is 1. The van der Waals surface area contributed by atoms with Crippen LogP contribution in [-0.2, 0) is 16.1 Å². The number of H-pyrrole nitrogens is 1. The highest BCUT2D eigenvalue weighted by Crippen LogP contribution is 2.19. The Balaban J connectivity index is 1.46. The van der Waals surface area contributed by atoms with Crippen molar-refractivity contribution in [3.05, 3.63) is 74.8 Å². The normalized spacial score (nSPS) is 16.4. The van der Waals surface area contributed by atoms with E-state index in [2.05, 4.69) is 10.3 Å². The molecular weight excluding hydrogens is 462 g/mol. The van der Waals surface area contributed by atoms with Crippen LogP contribution >= 0.6 is 0 Å². The third-order valence-corrected chi connectivity index (χ3v) is 5.35. The molecule has 4 rings (SSSR count). The van der Waals surface area contributed by atoms with Gasteiger partial charge in [0, 0.05) is 37.2 Å². The maximum atomic E-state index is 13.0. The molecule has 1 aromatic heterocycles. The summed E-state index contributed by atoms with van der Waals surface area (Å²) in [6.45, 7) is 0.319. The third kappa shape index (κ3) is 5.35. The van der Waals surface area contributed by atoms with Crippen LogP contribution in [0.5, 0.6) is 5.75 Å². The number of aliphatic imine (C=N–C) groups is 1. The topological polar surface area (TPSA) is 167 Å². The van der Waals surface area contributed by atoms with Crippen LogP contribution in [0.1, 0.15) is 12.1 Å². The molecule has 1 amide bonds. The third-order valence-electron chi connectivity index (χ3n) is 5.35. The highest BCUT2D eigenvalue weighted by Gasteiger charge is 2.34. The van der Waals surface area contributed by atoms with Crippen LogP contribution in [0.2, 0.25) is 0 Å². The van der Waals surface area contributed by atoms with E-state index in [1.807, 2.05) is 0 Å². The van der Waals surface area contributed by atoms with Gasteiger partial charge in [0.1, 0.15) is 18.4 Å². The first-order valence-electron chi connectivity index (χ1n) is 10.5. The van der Waals surface area contributed by atoms with Crippen LogP contribution < -0.4 is 20.2 Å². The van der Waals surface area contributed by atoms with Gasteiger partial charge in [0.25, 0.3) is 11.6 Å². The lowest BCUT2D eigenvalue weighted by Gasteiger charge is -2.32. The average molecular weight is 483 g/mol. The lowest BCUT2D eigenvalue weighted by molar-refractivity contribution is -0.678. The van der Waals surface area contributed by atoms with Gasteiger partial charge in [-0.25, -0.2) is 4.79 Å². The summed E-state index contributed by atoms with van der Waals surface area (Å²) in [6.07, 6.45) is -1.38. The number of ether oxygens (including phenoxy) is 2. The zero-order chi connectivity index (χ0) is 24.9. The number of hydrogen-bond donors (Lipinski definition) is 1. The summed E-state index contributed by atoms with van der Waals surface area (Å²) in [7, 11) is 1.54. The molecule has 1 unspecified atom stereocenters. The van der Waals surface area contributed by atoms with Crippen molar-refractivity contribution in [2.75, 3.05) is 20.3 Å². The molecule has 1 saturated heterocycles. The van der Waals surface area contributed by atoms with Gasteiger partial charge in [-0.15, -0.1) is 0 Å². The van der Waals surface area contributed by atoms with Crippen molar-refractivity contribution < 1.29 is 33.5 Å². The number of nitrogens with one attached hydrogen (secondary N) is 1. The smallest absolute Gasteiger partial charge is 0.432 e. The minimum atomic E-state index is -1.07. The fraction of sp³-hybridized carbons (Fsp3) is 0.273. The fourth-order valence-electron chi connectivity index (χ4n) is 3.54. The van der Waals surface area contributed by atoms with E-state index in [1.54, 1.807) is 24.3 Å². The van der Waals surface area contributed by atoms with Gasteiger partial charge in [0.05, 0.1) is 24.3 Å². The molecule has 0 bridgehead atoms. The lowest BCUT2D eigenvalue weighted by atomic mass is 10.1. The Morgan fingerprint density at radius 1 is 1.23 bits per heavy atom. The maximum Gasteiger partial charge on any atom is 0.432 e. The van der Waals surface area contributed by atoms with Gasteiger partial charge in [-0.05, 0) is 40.1 Å². The molecule has 2 aromatic carbocycles. The molecule has 2 heterocycles. The molecule has 0 spiro atoms. The molecule has 1 atom stereocenters. The van der Waals surface area contributed by atoms with Crippen LogP contribution in [0.4, 0.5) is 11.4 Å². The van der Waals surface area contributed by atoms with Gasteiger partial charge in [-0.2, -0.15) is 0 Å². The molecule has 13 heteroatoms. The van der Waals surface area contributed by atoms with Crippen LogP contribution in [0.15, 0.2) is 62.8 Å². The summed E-state index contributed by atoms with van der Waals surface area (Å²) in [4.78, 5) is 40.8. The van der Waals surface area contributed by atoms with E-state index in [-0.39, 0.29) is 43.2 Å². The lowest BCUT2D eigenvalue weighted by Crippen LogP contribution is -2.51. The van der Waals surface area contributed by atoms with Crippen LogP contribution in [-0.4, -0.2) is 53.3 Å². The highest BCUT2D eigenvalue weighted by atomic mass is 16.6. The molecule has 0 radical (unpaired) electrons. The van der Waals surface area contributed by atoms with Gasteiger partial charge in [-0.3, -0.25) is 24.4 Å². The number of nitrogens with zero attached hydrogens (tertiary/aromatic N) is 4. The Kier molecular flexibility index (Phi) is 6.87. The molecule has 13 nitrogen and oxygen atoms in total. The Labute approximate surface area is 197 Å². The predicted octanol–water partition coefficient (Wildman–Crippen LogP) is 0.369. The van der Waals surface area contributed by atoms with Gasteiger partial charge >= 0.3 is 11.3 Å². The monoisotopic (exact) mass is 483 g/mol. The number of rotatable bonds is 8. The van der Waals surface area contributed by atoms with E-state index in [4.69, 9.17) is 14.0 Å². The minimum absolute atomic E-state index is 0.0652. The second kappa shape index (κ2) is 10.2. The van der Waals surface area contributed by atoms with Crippen molar-refractivity contribution in [1.82, 2.24) is 10.2 Å². The van der Waals surface area contributed by atoms with Gasteiger partial charge < -0.3 is 19.5 Å². The summed E-state index contributed by atoms with van der Waals surface area (Å²) in [6, 6.07) is 12.0. The highest BCUT2D eigenvalue weighted by molar-refractivity contribution is 5.87. The second-order valence-electron chi connectivity index (χ2n) is 7.56. The second-order valence-corrected chi connectivity index (χ2v) is 7.56. The molecule has 1 N–H and O–H groups in total. The molecule has 182 valence electrons. The largest absolute Gasteiger partial charge is 0.862 e. The van der Waals surface area contributed by atoms with Crippen molar-refractivity contribution in [3.63, 3.8) is 0 Å². The molecular formula is C22H21N5O8. The molecule has 0 aliphatic carbocycles. The average Bonchev–Trinajstić information content (AvgIpc) is 3.22. The van der Waals surface area contributed by atoms with Gasteiger partial charge in [0.2, 0.25) is 5.69 Å². The first-order valence-corrected chi connectivity index (χ1v) is 10.5. The quantitative estimate of drug-likeness (QED) is 0.158. The molecule has 1 aliphatic heterocycles. The van der Waals surface area contributed by atoms with E-state index >= 15 is 0 Å². The first kappa shape index (κ1) is 23.6. The number of nitro benzene ring substituents is 1. The number of aromatic nitrogens is 2. The number of amides is 1. The van der Waals surface area contributed by atoms with Crippen molar-refractivity contribution in [2.24, 2.45) is 4.99 Å². The Hall–Kier alpha value is -4.52. The van der Waals surface area contributed by atoms with Crippen LogP contribution in [0.25, 0.3) is 5.69 Å². The van der Waals surface area contributed by atoms with E-state index in [0.717, 1.165) is 0 Å². The van der Waals surface area contributed by atoms with Crippen molar-refractivity contribution in [3.8, 4) is 11.4 Å². The minimum Gasteiger partial charge on any atom is -0.862 e. The number of aromatic amines is 1. The summed E-state index contributed by atoms with van der Waals surface area (Å²) in [5.74, 6) is -0.448. The van der Waals surface area contributed by atoms with E-state index in [1.165, 1.54) is 41.0 Å². The van der Waals surface area contributed by atoms with Crippen molar-refractivity contribution >= 4 is 23.2 Å². The predicted molar refractivity (Wildman–Crippen MR) is 117 cm³/mol. The van der Waals surface area contributed by atoms with E-state index in [0.29, 0.717) is 11.4 Å². The number of carbonyl (C=O) groups is 1. The number of hydrogen-bond acceptors (Lipinski definition) is 9. The Bertz CT molecular complexity index is 1300. The Morgan fingerprint density at radius 3 is 2.60 bits per heavy atom. The SMILES string of the molecule is COc1ccc(-[n+]2[nH]oc(=O)c2CN2CCOC(CC([O-])=Nc3ccc([N+](=O)[O-])cc3)C2=O)cc1. The fourth-order valence-corrected chi connectivity index (χ4v) is 3.54. The van der Waals surface area contributed by atoms with E-state index < -0.39 is 28.5 Å². The molecule has 3 aromatic rings. The maximum absolute atomic E-state index is 13.0.